The Morgan fingerprint density at radius 1 is 1.03 bits per heavy atom. The number of rotatable bonds is 10. The van der Waals surface area contributed by atoms with Gasteiger partial charge in [0.1, 0.15) is 29.9 Å². The van der Waals surface area contributed by atoms with Crippen molar-refractivity contribution in [3.05, 3.63) is 71.5 Å². The van der Waals surface area contributed by atoms with Gasteiger partial charge in [-0.3, -0.25) is 29.2 Å². The topological polar surface area (TPSA) is 205 Å². The summed E-state index contributed by atoms with van der Waals surface area (Å²) in [6, 6.07) is 9.31. The Labute approximate surface area is 408 Å². The monoisotopic (exact) mass is 962 g/mol. The molecule has 0 spiro atoms. The van der Waals surface area contributed by atoms with Gasteiger partial charge in [-0.15, -0.1) is 0 Å². The number of likely N-dealkylation sites (N-methyl/N-ethyl adjacent to an activating group) is 1. The molecule has 4 aromatic rings. The minimum atomic E-state index is -1.20. The number of aromatic hydroxyl groups is 1. The third-order valence-electron chi connectivity index (χ3n) is 14.1. The van der Waals surface area contributed by atoms with Gasteiger partial charge >= 0.3 is 18.0 Å². The normalized spacial score (nSPS) is 21.8. The van der Waals surface area contributed by atoms with E-state index in [1.807, 2.05) is 38.2 Å². The second-order valence-corrected chi connectivity index (χ2v) is 20.2. The molecule has 18 nitrogen and oxygen atoms in total. The number of nitrogens with one attached hydrogen (secondary N) is 2. The molecule has 0 aliphatic carbocycles. The number of methoxy groups -OCH3 is 2. The maximum atomic E-state index is 14.8. The zero-order valence-corrected chi connectivity index (χ0v) is 41.5. The molecule has 4 aliphatic rings. The number of carbonyl (C=O) groups excluding carboxylic acids is 6. The van der Waals surface area contributed by atoms with Crippen LogP contribution in [0.4, 0.5) is 4.79 Å². The first kappa shape index (κ1) is 49.9. The number of aromatic nitrogens is 2. The van der Waals surface area contributed by atoms with Gasteiger partial charge in [0.15, 0.2) is 0 Å². The molecule has 374 valence electrons. The Balaban J connectivity index is 1.13. The SMILES string of the molecule is CCn1c(-c2cnccc2COC)c2c3cc(ccc31)-c1cc(O)cc(c1)C[C@H](NC(=O)C(C(C)C)N(C)C(=O)[C@H]1CCN(C(=O)N3C[C@@H]3C(=O)OC)C1)C(=O)N1CCC[C@H](N1)C(=O)OCC(C)(C)C2. The Morgan fingerprint density at radius 3 is 2.54 bits per heavy atom. The highest BCUT2D eigenvalue weighted by molar-refractivity contribution is 5.96. The number of nitrogens with zero attached hydrogens (tertiary/aromatic N) is 6. The van der Waals surface area contributed by atoms with Crippen molar-refractivity contribution in [1.29, 1.82) is 0 Å². The molecule has 0 radical (unpaired) electrons. The van der Waals surface area contributed by atoms with Gasteiger partial charge in [0.2, 0.25) is 11.8 Å². The summed E-state index contributed by atoms with van der Waals surface area (Å²) in [5, 5.41) is 16.7. The summed E-state index contributed by atoms with van der Waals surface area (Å²) in [4.78, 5) is 91.5. The molecule has 18 heteroatoms. The quantitative estimate of drug-likeness (QED) is 0.147. The molecule has 2 aromatic carbocycles. The number of urea groups is 1. The van der Waals surface area contributed by atoms with Crippen LogP contribution in [0, 0.1) is 17.3 Å². The van der Waals surface area contributed by atoms with Crippen LogP contribution in [0.3, 0.4) is 0 Å². The fraction of sp³-hybridized carbons (Fsp3) is 0.519. The fourth-order valence-corrected chi connectivity index (χ4v) is 10.5. The van der Waals surface area contributed by atoms with E-state index in [2.05, 4.69) is 53.2 Å². The van der Waals surface area contributed by atoms with Crippen molar-refractivity contribution in [3.8, 4) is 28.1 Å². The molecular weight excluding hydrogens is 897 g/mol. The number of cyclic esters (lactones) is 1. The molecule has 5 atom stereocenters. The molecule has 3 N–H and O–H groups in total. The molecule has 2 aromatic heterocycles. The van der Waals surface area contributed by atoms with Crippen LogP contribution in [0.1, 0.15) is 70.6 Å². The Hall–Kier alpha value is -6.53. The zero-order valence-electron chi connectivity index (χ0n) is 41.5. The van der Waals surface area contributed by atoms with E-state index in [9.17, 15) is 33.9 Å². The highest BCUT2D eigenvalue weighted by Crippen LogP contribution is 2.41. The van der Waals surface area contributed by atoms with Crippen LogP contribution in [-0.4, -0.2) is 148 Å². The number of phenolic OH excluding ortho intramolecular Hbond substituents is 1. The van der Waals surface area contributed by atoms with E-state index in [1.54, 1.807) is 37.4 Å². The van der Waals surface area contributed by atoms with Crippen LogP contribution < -0.4 is 10.7 Å². The van der Waals surface area contributed by atoms with Crippen molar-refractivity contribution in [3.63, 3.8) is 0 Å². The lowest BCUT2D eigenvalue weighted by molar-refractivity contribution is -0.155. The summed E-state index contributed by atoms with van der Waals surface area (Å²) < 4.78 is 18.8. The molecule has 0 saturated carbocycles. The van der Waals surface area contributed by atoms with Crippen LogP contribution >= 0.6 is 0 Å². The van der Waals surface area contributed by atoms with Crippen molar-refractivity contribution in [2.75, 3.05) is 54.1 Å². The van der Waals surface area contributed by atoms with E-state index >= 15 is 0 Å². The molecule has 3 saturated heterocycles. The lowest BCUT2D eigenvalue weighted by atomic mass is 9.84. The van der Waals surface area contributed by atoms with Crippen LogP contribution in [0.25, 0.3) is 33.3 Å². The second kappa shape index (κ2) is 20.4. The van der Waals surface area contributed by atoms with Gasteiger partial charge in [-0.2, -0.15) is 0 Å². The van der Waals surface area contributed by atoms with E-state index in [4.69, 9.17) is 14.2 Å². The van der Waals surface area contributed by atoms with Gasteiger partial charge in [-0.1, -0.05) is 39.8 Å². The molecule has 6 heterocycles. The number of fused-ring (bicyclic) bond motifs is 6. The minimum absolute atomic E-state index is 0.0278. The van der Waals surface area contributed by atoms with E-state index in [0.717, 1.165) is 38.9 Å². The number of likely N-dealkylation sites (tertiary alicyclic amines) is 1. The summed E-state index contributed by atoms with van der Waals surface area (Å²) in [6.45, 7) is 11.9. The maximum Gasteiger partial charge on any atom is 0.330 e. The standard InChI is InChI=1S/C52H66N8O10/c1-9-58-42-13-12-32-23-37(42)38(45(58)39-25-53-16-14-34(39)28-68-7)24-52(4,5)29-70-49(65)40-11-10-17-60(55-40)48(64)41(21-31-19-35(32)22-36(61)20-31)54-46(62)44(30(2)3)56(6)47(63)33-15-18-57(26-33)51(67)59-27-43(59)50(66)69-8/h12-14,16,19-20,22-23,25,30,33,40-41,43-44,55,61H,9-11,15,17-18,21,24,26-29H2,1-8H3,(H,54,62)/t33-,40-,41-,43+,44?,59?/m0/s1. The molecule has 3 fully saturated rings. The first-order valence-corrected chi connectivity index (χ1v) is 24.3. The molecule has 1 unspecified atom stereocenters. The van der Waals surface area contributed by atoms with Gasteiger partial charge in [-0.25, -0.2) is 15.0 Å². The third kappa shape index (κ3) is 10.2. The van der Waals surface area contributed by atoms with Gasteiger partial charge in [0.25, 0.3) is 5.91 Å². The molecule has 70 heavy (non-hydrogen) atoms. The molecular formula is C52H66N8O10. The van der Waals surface area contributed by atoms with Gasteiger partial charge < -0.3 is 43.9 Å². The van der Waals surface area contributed by atoms with E-state index in [1.165, 1.54) is 21.9 Å². The van der Waals surface area contributed by atoms with Crippen LogP contribution in [-0.2, 0) is 64.2 Å². The Kier molecular flexibility index (Phi) is 14.6. The highest BCUT2D eigenvalue weighted by atomic mass is 16.5. The number of phenols is 1. The van der Waals surface area contributed by atoms with Crippen LogP contribution in [0.2, 0.25) is 0 Å². The van der Waals surface area contributed by atoms with Crippen LogP contribution in [0.15, 0.2) is 54.9 Å². The molecule has 6 bridgehead atoms. The van der Waals surface area contributed by atoms with Crippen molar-refractivity contribution < 1.29 is 48.1 Å². The smallest absolute Gasteiger partial charge is 0.330 e. The second-order valence-electron chi connectivity index (χ2n) is 20.2. The van der Waals surface area contributed by atoms with E-state index < -0.39 is 65.2 Å². The Morgan fingerprint density at radius 2 is 1.81 bits per heavy atom. The van der Waals surface area contributed by atoms with E-state index in [0.29, 0.717) is 56.5 Å². The third-order valence-corrected chi connectivity index (χ3v) is 14.1. The number of aryl methyl sites for hydroxylation is 1. The predicted molar refractivity (Wildman–Crippen MR) is 260 cm³/mol. The molecule has 5 amide bonds. The summed E-state index contributed by atoms with van der Waals surface area (Å²) in [5.74, 6) is -3.38. The summed E-state index contributed by atoms with van der Waals surface area (Å²) in [7, 11) is 4.49. The number of hydrogen-bond donors (Lipinski definition) is 3. The number of esters is 2. The number of pyridine rings is 1. The average Bonchev–Trinajstić information content (AvgIpc) is 3.89. The number of carbonyl (C=O) groups is 6. The number of hydrazine groups is 1. The number of amides is 5. The van der Waals surface area contributed by atoms with Crippen molar-refractivity contribution in [2.45, 2.75) is 104 Å². The summed E-state index contributed by atoms with van der Waals surface area (Å²) in [6.07, 6.45) is 5.41. The molecule has 8 rings (SSSR count). The highest BCUT2D eigenvalue weighted by Gasteiger charge is 2.49. The summed E-state index contributed by atoms with van der Waals surface area (Å²) >= 11 is 0. The molecule has 4 aliphatic heterocycles. The van der Waals surface area contributed by atoms with Gasteiger partial charge in [0, 0.05) is 81.0 Å². The summed E-state index contributed by atoms with van der Waals surface area (Å²) in [5.41, 5.74) is 9.61. The van der Waals surface area contributed by atoms with Crippen molar-refractivity contribution in [2.24, 2.45) is 17.3 Å². The van der Waals surface area contributed by atoms with E-state index in [-0.39, 0.29) is 50.3 Å². The lowest BCUT2D eigenvalue weighted by Crippen LogP contribution is -2.62. The fourth-order valence-electron chi connectivity index (χ4n) is 10.5. The van der Waals surface area contributed by atoms with Crippen LogP contribution in [0.5, 0.6) is 5.75 Å². The zero-order chi connectivity index (χ0) is 50.2. The average molecular weight is 963 g/mol. The predicted octanol–water partition coefficient (Wildman–Crippen LogP) is 4.67. The van der Waals surface area contributed by atoms with Gasteiger partial charge in [-0.05, 0) is 96.7 Å². The number of ether oxygens (including phenoxy) is 3. The maximum absolute atomic E-state index is 14.8. The number of hydrogen-bond acceptors (Lipinski definition) is 12. The Bertz CT molecular complexity index is 2680. The first-order chi connectivity index (χ1) is 33.4. The van der Waals surface area contributed by atoms with Crippen molar-refractivity contribution in [1.82, 2.24) is 40.0 Å². The lowest BCUT2D eigenvalue weighted by Gasteiger charge is -2.37. The van der Waals surface area contributed by atoms with Crippen molar-refractivity contribution >= 4 is 46.6 Å². The first-order valence-electron chi connectivity index (χ1n) is 24.3. The largest absolute Gasteiger partial charge is 0.508 e. The number of benzene rings is 2. The minimum Gasteiger partial charge on any atom is -0.508 e. The van der Waals surface area contributed by atoms with Gasteiger partial charge in [0.05, 0.1) is 38.5 Å².